The van der Waals surface area contributed by atoms with Crippen LogP contribution < -0.4 is 0 Å². The van der Waals surface area contributed by atoms with Gasteiger partial charge in [-0.3, -0.25) is 0 Å². The van der Waals surface area contributed by atoms with Crippen LogP contribution in [0.15, 0.2) is 11.6 Å². The highest BCUT2D eigenvalue weighted by atomic mass is 16.3. The van der Waals surface area contributed by atoms with E-state index in [-0.39, 0.29) is 6.10 Å². The highest BCUT2D eigenvalue weighted by Gasteiger charge is 2.25. The van der Waals surface area contributed by atoms with Crippen molar-refractivity contribution in [3.63, 3.8) is 0 Å². The quantitative estimate of drug-likeness (QED) is 0.651. The number of aliphatic hydroxyl groups is 1. The third-order valence-electron chi connectivity index (χ3n) is 3.19. The van der Waals surface area contributed by atoms with E-state index < -0.39 is 0 Å². The third-order valence-corrected chi connectivity index (χ3v) is 3.19. The van der Waals surface area contributed by atoms with E-state index in [1.165, 1.54) is 12.0 Å². The monoisotopic (exact) mass is 182 g/mol. The first-order chi connectivity index (χ1) is 6.02. The zero-order chi connectivity index (χ0) is 10.0. The average Bonchev–Trinajstić information content (AvgIpc) is 2.03. The molecule has 0 saturated heterocycles. The summed E-state index contributed by atoms with van der Waals surface area (Å²) < 4.78 is 0. The number of rotatable bonds is 2. The van der Waals surface area contributed by atoms with Gasteiger partial charge in [0.2, 0.25) is 0 Å². The Kier molecular flexibility index (Phi) is 3.55. The number of aliphatic hydroxyl groups excluding tert-OH is 1. The molecule has 0 radical (unpaired) electrons. The van der Waals surface area contributed by atoms with Gasteiger partial charge in [0.1, 0.15) is 0 Å². The molecule has 0 saturated carbocycles. The van der Waals surface area contributed by atoms with Crippen molar-refractivity contribution in [2.24, 2.45) is 17.8 Å². The molecule has 0 aromatic heterocycles. The van der Waals surface area contributed by atoms with Crippen LogP contribution in [-0.4, -0.2) is 11.2 Å². The lowest BCUT2D eigenvalue weighted by Gasteiger charge is -2.31. The minimum atomic E-state index is -0.203. The Balaban J connectivity index is 2.66. The number of allylic oxidation sites excluding steroid dienone is 1. The van der Waals surface area contributed by atoms with Gasteiger partial charge in [-0.2, -0.15) is 0 Å². The van der Waals surface area contributed by atoms with Gasteiger partial charge in [-0.1, -0.05) is 39.3 Å². The molecular weight excluding hydrogens is 160 g/mol. The third kappa shape index (κ3) is 2.57. The summed E-state index contributed by atoms with van der Waals surface area (Å²) in [4.78, 5) is 0. The lowest BCUT2D eigenvalue weighted by molar-refractivity contribution is 0.106. The maximum absolute atomic E-state index is 9.88. The Labute approximate surface area is 81.9 Å². The first-order valence-corrected chi connectivity index (χ1v) is 5.41. The molecule has 1 aliphatic carbocycles. The average molecular weight is 182 g/mol. The second-order valence-corrected chi connectivity index (χ2v) is 4.83. The molecule has 2 atom stereocenters. The molecule has 76 valence electrons. The zero-order valence-electron chi connectivity index (χ0n) is 9.25. The van der Waals surface area contributed by atoms with Gasteiger partial charge in [-0.15, -0.1) is 0 Å². The van der Waals surface area contributed by atoms with Crippen LogP contribution in [0.3, 0.4) is 0 Å². The molecule has 2 unspecified atom stereocenters. The Bertz CT molecular complexity index is 191. The SMILES string of the molecule is CC(C)C1=CC(O)C(C(C)C)CC1. The van der Waals surface area contributed by atoms with Gasteiger partial charge in [0.15, 0.2) is 0 Å². The van der Waals surface area contributed by atoms with Crippen LogP contribution in [0.5, 0.6) is 0 Å². The molecule has 0 bridgehead atoms. The van der Waals surface area contributed by atoms with Crippen LogP contribution in [0.1, 0.15) is 40.5 Å². The molecule has 0 aromatic rings. The van der Waals surface area contributed by atoms with Crippen LogP contribution in [0.25, 0.3) is 0 Å². The Morgan fingerprint density at radius 3 is 2.31 bits per heavy atom. The predicted molar refractivity (Wildman–Crippen MR) is 56.5 cm³/mol. The molecule has 0 aliphatic heterocycles. The summed E-state index contributed by atoms with van der Waals surface area (Å²) >= 11 is 0. The van der Waals surface area contributed by atoms with E-state index in [1.54, 1.807) is 0 Å². The van der Waals surface area contributed by atoms with Crippen molar-refractivity contribution in [1.29, 1.82) is 0 Å². The summed E-state index contributed by atoms with van der Waals surface area (Å²) in [6.45, 7) is 8.80. The van der Waals surface area contributed by atoms with Crippen LogP contribution in [-0.2, 0) is 0 Å². The molecule has 0 aromatic carbocycles. The largest absolute Gasteiger partial charge is 0.389 e. The molecule has 13 heavy (non-hydrogen) atoms. The smallest absolute Gasteiger partial charge is 0.0754 e. The summed E-state index contributed by atoms with van der Waals surface area (Å²) in [6.07, 6.45) is 4.21. The van der Waals surface area contributed by atoms with Crippen molar-refractivity contribution in [2.45, 2.75) is 46.6 Å². The Morgan fingerprint density at radius 1 is 1.31 bits per heavy atom. The molecule has 0 heterocycles. The fraction of sp³-hybridized carbons (Fsp3) is 0.833. The highest BCUT2D eigenvalue weighted by Crippen LogP contribution is 2.32. The molecular formula is C12H22O. The van der Waals surface area contributed by atoms with Crippen molar-refractivity contribution in [1.82, 2.24) is 0 Å². The minimum Gasteiger partial charge on any atom is -0.389 e. The van der Waals surface area contributed by atoms with E-state index in [9.17, 15) is 5.11 Å². The molecule has 0 amide bonds. The topological polar surface area (TPSA) is 20.2 Å². The second-order valence-electron chi connectivity index (χ2n) is 4.83. The van der Waals surface area contributed by atoms with Gasteiger partial charge in [0.25, 0.3) is 0 Å². The fourth-order valence-electron chi connectivity index (χ4n) is 2.14. The molecule has 0 fully saturated rings. The fourth-order valence-corrected chi connectivity index (χ4v) is 2.14. The zero-order valence-corrected chi connectivity index (χ0v) is 9.25. The van der Waals surface area contributed by atoms with E-state index in [1.807, 2.05) is 0 Å². The molecule has 1 rings (SSSR count). The number of hydrogen-bond acceptors (Lipinski definition) is 1. The van der Waals surface area contributed by atoms with E-state index >= 15 is 0 Å². The van der Waals surface area contributed by atoms with Crippen LogP contribution >= 0.6 is 0 Å². The maximum Gasteiger partial charge on any atom is 0.0754 e. The Morgan fingerprint density at radius 2 is 1.92 bits per heavy atom. The van der Waals surface area contributed by atoms with E-state index in [4.69, 9.17) is 0 Å². The van der Waals surface area contributed by atoms with Gasteiger partial charge < -0.3 is 5.11 Å². The normalized spacial score (nSPS) is 29.6. The van der Waals surface area contributed by atoms with E-state index in [0.29, 0.717) is 17.8 Å². The van der Waals surface area contributed by atoms with Gasteiger partial charge in [-0.05, 0) is 30.6 Å². The summed E-state index contributed by atoms with van der Waals surface area (Å²) in [5.41, 5.74) is 1.43. The maximum atomic E-state index is 9.88. The second kappa shape index (κ2) is 4.28. The molecule has 1 nitrogen and oxygen atoms in total. The van der Waals surface area contributed by atoms with Crippen molar-refractivity contribution in [3.05, 3.63) is 11.6 Å². The Hall–Kier alpha value is -0.300. The van der Waals surface area contributed by atoms with Crippen LogP contribution in [0.4, 0.5) is 0 Å². The van der Waals surface area contributed by atoms with Crippen molar-refractivity contribution >= 4 is 0 Å². The summed E-state index contributed by atoms with van der Waals surface area (Å²) in [6, 6.07) is 0. The lowest BCUT2D eigenvalue weighted by Crippen LogP contribution is -2.27. The van der Waals surface area contributed by atoms with Crippen molar-refractivity contribution in [3.8, 4) is 0 Å². The molecule has 0 spiro atoms. The van der Waals surface area contributed by atoms with Crippen molar-refractivity contribution < 1.29 is 5.11 Å². The van der Waals surface area contributed by atoms with Crippen LogP contribution in [0.2, 0.25) is 0 Å². The summed E-state index contributed by atoms with van der Waals surface area (Å²) in [7, 11) is 0. The standard InChI is InChI=1S/C12H22O/c1-8(2)10-5-6-11(9(3)4)12(13)7-10/h7-9,11-13H,5-6H2,1-4H3. The van der Waals surface area contributed by atoms with E-state index in [2.05, 4.69) is 33.8 Å². The van der Waals surface area contributed by atoms with Gasteiger partial charge in [0.05, 0.1) is 6.10 Å². The van der Waals surface area contributed by atoms with Gasteiger partial charge >= 0.3 is 0 Å². The first kappa shape index (κ1) is 10.8. The minimum absolute atomic E-state index is 0.203. The molecule has 1 aliphatic rings. The first-order valence-electron chi connectivity index (χ1n) is 5.41. The van der Waals surface area contributed by atoms with Gasteiger partial charge in [0, 0.05) is 0 Å². The predicted octanol–water partition coefficient (Wildman–Crippen LogP) is 3.00. The van der Waals surface area contributed by atoms with Gasteiger partial charge in [-0.25, -0.2) is 0 Å². The molecule has 1 heteroatoms. The summed E-state index contributed by atoms with van der Waals surface area (Å²) in [5.74, 6) is 1.67. The van der Waals surface area contributed by atoms with Crippen molar-refractivity contribution in [2.75, 3.05) is 0 Å². The highest BCUT2D eigenvalue weighted by molar-refractivity contribution is 5.12. The summed E-state index contributed by atoms with van der Waals surface area (Å²) in [5, 5.41) is 9.88. The lowest BCUT2D eigenvalue weighted by atomic mass is 9.78. The van der Waals surface area contributed by atoms with Crippen LogP contribution in [0, 0.1) is 17.8 Å². The number of hydrogen-bond donors (Lipinski definition) is 1. The molecule has 1 N–H and O–H groups in total. The van der Waals surface area contributed by atoms with E-state index in [0.717, 1.165) is 6.42 Å².